The van der Waals surface area contributed by atoms with Gasteiger partial charge >= 0.3 is 0 Å². The second-order valence-corrected chi connectivity index (χ2v) is 4.26. The van der Waals surface area contributed by atoms with Crippen LogP contribution >= 0.6 is 0 Å². The molecule has 2 aromatic carbocycles. The van der Waals surface area contributed by atoms with Crippen LogP contribution in [0.3, 0.4) is 0 Å². The first-order valence-electron chi connectivity index (χ1n) is 6.09. The highest BCUT2D eigenvalue weighted by atomic mass is 14.7. The molecule has 0 aliphatic carbocycles. The van der Waals surface area contributed by atoms with Gasteiger partial charge in [-0.05, 0) is 18.6 Å². The van der Waals surface area contributed by atoms with Crippen molar-refractivity contribution in [1.82, 2.24) is 0 Å². The molecule has 0 saturated carbocycles. The third-order valence-corrected chi connectivity index (χ3v) is 2.84. The molecule has 1 atom stereocenters. The summed E-state index contributed by atoms with van der Waals surface area (Å²) in [4.78, 5) is 4.20. The second kappa shape index (κ2) is 5.83. The zero-order valence-corrected chi connectivity index (χ0v) is 10.7. The number of nitrogen functional groups attached to an aromatic ring is 1. The van der Waals surface area contributed by atoms with Crippen molar-refractivity contribution in [2.75, 3.05) is 5.73 Å². The molecule has 0 aliphatic heterocycles. The predicted octanol–water partition coefficient (Wildman–Crippen LogP) is 3.27. The predicted molar refractivity (Wildman–Crippen MR) is 79.0 cm³/mol. The van der Waals surface area contributed by atoms with E-state index >= 15 is 0 Å². The number of hydrogen-bond donors (Lipinski definition) is 1. The first-order valence-corrected chi connectivity index (χ1v) is 6.09. The van der Waals surface area contributed by atoms with E-state index in [0.717, 1.165) is 22.4 Å². The normalized spacial score (nSPS) is 12.2. The monoisotopic (exact) mass is 249 g/mol. The average Bonchev–Trinajstić information content (AvgIpc) is 2.45. The van der Waals surface area contributed by atoms with Crippen molar-refractivity contribution in [2.45, 2.75) is 13.0 Å². The van der Waals surface area contributed by atoms with Crippen LogP contribution in [0, 0.1) is 11.3 Å². The van der Waals surface area contributed by atoms with Crippen LogP contribution in [0.5, 0.6) is 0 Å². The Morgan fingerprint density at radius 1 is 1.11 bits per heavy atom. The number of benzene rings is 2. The highest BCUT2D eigenvalue weighted by Gasteiger charge is 2.05. The molecular formula is C16H15N3. The van der Waals surface area contributed by atoms with Crippen LogP contribution in [-0.4, -0.2) is 12.3 Å². The Morgan fingerprint density at radius 3 is 2.42 bits per heavy atom. The number of aliphatic imine (C=N–C) groups is 1. The van der Waals surface area contributed by atoms with E-state index in [0.29, 0.717) is 0 Å². The molecule has 0 fully saturated rings. The molecule has 0 bridgehead atoms. The third kappa shape index (κ3) is 2.99. The van der Waals surface area contributed by atoms with E-state index in [1.165, 1.54) is 0 Å². The van der Waals surface area contributed by atoms with Crippen LogP contribution in [-0.2, 0) is 0 Å². The van der Waals surface area contributed by atoms with Crippen molar-refractivity contribution in [1.29, 1.82) is 5.26 Å². The van der Waals surface area contributed by atoms with Crippen LogP contribution in [0.15, 0.2) is 53.5 Å². The lowest BCUT2D eigenvalue weighted by molar-refractivity contribution is 0.947. The fourth-order valence-corrected chi connectivity index (χ4v) is 1.82. The average molecular weight is 249 g/mol. The Bertz CT molecular complexity index is 638. The molecule has 94 valence electrons. The Morgan fingerprint density at radius 2 is 1.74 bits per heavy atom. The minimum Gasteiger partial charge on any atom is -0.398 e. The van der Waals surface area contributed by atoms with Crippen LogP contribution in [0.1, 0.15) is 12.5 Å². The molecule has 2 rings (SSSR count). The molecule has 3 nitrogen and oxygen atoms in total. The van der Waals surface area contributed by atoms with E-state index in [9.17, 15) is 0 Å². The Balaban J connectivity index is 2.46. The van der Waals surface area contributed by atoms with E-state index < -0.39 is 0 Å². The maximum Gasteiger partial charge on any atom is 0.133 e. The highest BCUT2D eigenvalue weighted by molar-refractivity contribution is 5.93. The van der Waals surface area contributed by atoms with Crippen LogP contribution < -0.4 is 5.73 Å². The number of nitrogens with two attached hydrogens (primary N) is 1. The number of anilines is 1. The van der Waals surface area contributed by atoms with Crippen molar-refractivity contribution >= 4 is 11.9 Å². The SMILES string of the molecule is CC(C#N)N=Cc1ccccc1-c1ccccc1N. The fraction of sp³-hybridized carbons (Fsp3) is 0.125. The van der Waals surface area contributed by atoms with Gasteiger partial charge in [-0.15, -0.1) is 0 Å². The summed E-state index contributed by atoms with van der Waals surface area (Å²) >= 11 is 0. The molecule has 0 saturated heterocycles. The quantitative estimate of drug-likeness (QED) is 0.670. The molecule has 19 heavy (non-hydrogen) atoms. The van der Waals surface area contributed by atoms with E-state index in [-0.39, 0.29) is 6.04 Å². The van der Waals surface area contributed by atoms with Crippen molar-refractivity contribution in [3.8, 4) is 17.2 Å². The topological polar surface area (TPSA) is 62.2 Å². The van der Waals surface area contributed by atoms with Gasteiger partial charge < -0.3 is 5.73 Å². The van der Waals surface area contributed by atoms with Gasteiger partial charge in [-0.3, -0.25) is 4.99 Å². The Kier molecular flexibility index (Phi) is 3.94. The number of para-hydroxylation sites is 1. The summed E-state index contributed by atoms with van der Waals surface area (Å²) < 4.78 is 0. The third-order valence-electron chi connectivity index (χ3n) is 2.84. The standard InChI is InChI=1S/C16H15N3/c1-12(10-17)19-11-13-6-2-3-7-14(13)15-8-4-5-9-16(15)18/h2-9,11-12H,18H2,1H3. The second-order valence-electron chi connectivity index (χ2n) is 4.26. The molecular weight excluding hydrogens is 234 g/mol. The molecule has 3 heteroatoms. The summed E-state index contributed by atoms with van der Waals surface area (Å²) in [5, 5.41) is 8.76. The molecule has 0 aliphatic rings. The molecule has 0 spiro atoms. The van der Waals surface area contributed by atoms with E-state index in [1.807, 2.05) is 48.5 Å². The Hall–Kier alpha value is -2.60. The molecule has 0 aromatic heterocycles. The first-order chi connectivity index (χ1) is 9.22. The van der Waals surface area contributed by atoms with Crippen LogP contribution in [0.2, 0.25) is 0 Å². The van der Waals surface area contributed by atoms with Gasteiger partial charge in [0.15, 0.2) is 0 Å². The molecule has 0 amide bonds. The molecule has 2 N–H and O–H groups in total. The smallest absolute Gasteiger partial charge is 0.133 e. The minimum atomic E-state index is -0.346. The number of nitrogens with zero attached hydrogens (tertiary/aromatic N) is 2. The van der Waals surface area contributed by atoms with E-state index in [4.69, 9.17) is 11.0 Å². The molecule has 1 unspecified atom stereocenters. The lowest BCUT2D eigenvalue weighted by atomic mass is 9.99. The van der Waals surface area contributed by atoms with Crippen molar-refractivity contribution < 1.29 is 0 Å². The van der Waals surface area contributed by atoms with Gasteiger partial charge in [0.25, 0.3) is 0 Å². The number of nitriles is 1. The highest BCUT2D eigenvalue weighted by Crippen LogP contribution is 2.27. The largest absolute Gasteiger partial charge is 0.398 e. The lowest BCUT2D eigenvalue weighted by Gasteiger charge is -2.08. The summed E-state index contributed by atoms with van der Waals surface area (Å²) in [7, 11) is 0. The number of rotatable bonds is 3. The zero-order valence-electron chi connectivity index (χ0n) is 10.7. The van der Waals surface area contributed by atoms with Gasteiger partial charge in [0, 0.05) is 23.0 Å². The zero-order chi connectivity index (χ0) is 13.7. The fourth-order valence-electron chi connectivity index (χ4n) is 1.82. The summed E-state index contributed by atoms with van der Waals surface area (Å²) in [6.45, 7) is 1.76. The van der Waals surface area contributed by atoms with Gasteiger partial charge in [0.1, 0.15) is 6.04 Å². The van der Waals surface area contributed by atoms with E-state index in [2.05, 4.69) is 11.1 Å². The molecule has 2 aromatic rings. The maximum atomic E-state index is 8.76. The first kappa shape index (κ1) is 12.8. The van der Waals surface area contributed by atoms with Gasteiger partial charge in [-0.2, -0.15) is 5.26 Å². The van der Waals surface area contributed by atoms with Gasteiger partial charge in [0.2, 0.25) is 0 Å². The lowest BCUT2D eigenvalue weighted by Crippen LogP contribution is -1.96. The van der Waals surface area contributed by atoms with Crippen molar-refractivity contribution in [2.24, 2.45) is 4.99 Å². The van der Waals surface area contributed by atoms with Crippen molar-refractivity contribution in [3.63, 3.8) is 0 Å². The molecule has 0 heterocycles. The minimum absolute atomic E-state index is 0.346. The summed E-state index contributed by atoms with van der Waals surface area (Å²) in [6, 6.07) is 17.3. The van der Waals surface area contributed by atoms with Gasteiger partial charge in [-0.1, -0.05) is 42.5 Å². The van der Waals surface area contributed by atoms with Gasteiger partial charge in [-0.25, -0.2) is 0 Å². The number of hydrogen-bond acceptors (Lipinski definition) is 3. The summed E-state index contributed by atoms with van der Waals surface area (Å²) in [6.07, 6.45) is 1.73. The summed E-state index contributed by atoms with van der Waals surface area (Å²) in [5.74, 6) is 0. The van der Waals surface area contributed by atoms with Crippen molar-refractivity contribution in [3.05, 3.63) is 54.1 Å². The molecule has 0 radical (unpaired) electrons. The van der Waals surface area contributed by atoms with Crippen LogP contribution in [0.25, 0.3) is 11.1 Å². The summed E-state index contributed by atoms with van der Waals surface area (Å²) in [5.41, 5.74) is 9.70. The van der Waals surface area contributed by atoms with Crippen LogP contribution in [0.4, 0.5) is 5.69 Å². The maximum absolute atomic E-state index is 8.76. The Labute approximate surface area is 113 Å². The van der Waals surface area contributed by atoms with Gasteiger partial charge in [0.05, 0.1) is 6.07 Å². The van der Waals surface area contributed by atoms with E-state index in [1.54, 1.807) is 13.1 Å².